The Kier molecular flexibility index (Phi) is 4.09. The molecule has 6 heteroatoms. The van der Waals surface area contributed by atoms with Crippen LogP contribution in [-0.4, -0.2) is 59.4 Å². The Bertz CT molecular complexity index is 638. The molecule has 1 saturated carbocycles. The van der Waals surface area contributed by atoms with Crippen molar-refractivity contribution in [3.05, 3.63) is 11.6 Å². The van der Waals surface area contributed by atoms with Gasteiger partial charge in [0.05, 0.1) is 25.4 Å². The summed E-state index contributed by atoms with van der Waals surface area (Å²) in [7, 11) is 0. The van der Waals surface area contributed by atoms with E-state index < -0.39 is 22.5 Å². The fraction of sp³-hybridized carbons (Fsp3) is 0.850. The zero-order valence-corrected chi connectivity index (χ0v) is 16.0. The first-order valence-electron chi connectivity index (χ1n) is 9.65. The average molecular weight is 366 g/mol. The summed E-state index contributed by atoms with van der Waals surface area (Å²) < 4.78 is 17.9. The number of aliphatic hydroxyl groups excluding tert-OH is 2. The SMILES string of the molecule is CC1=C[C@H]2OC3[C@H](O)C[C@](C)([C@@]2(CO)C[C@@H]1OC(=O)CC(C)C)[C@]31CO1. The first-order chi connectivity index (χ1) is 12.2. The van der Waals surface area contributed by atoms with Crippen LogP contribution in [0.25, 0.3) is 0 Å². The van der Waals surface area contributed by atoms with Gasteiger partial charge >= 0.3 is 5.97 Å². The number of rotatable bonds is 4. The highest BCUT2D eigenvalue weighted by Gasteiger charge is 2.81. The molecule has 4 rings (SSSR count). The Hall–Kier alpha value is -0.950. The largest absolute Gasteiger partial charge is 0.458 e. The Morgan fingerprint density at radius 2 is 2.12 bits per heavy atom. The van der Waals surface area contributed by atoms with Crippen molar-refractivity contribution in [1.29, 1.82) is 0 Å². The van der Waals surface area contributed by atoms with Gasteiger partial charge in [0.2, 0.25) is 0 Å². The van der Waals surface area contributed by atoms with E-state index in [1.165, 1.54) is 0 Å². The third kappa shape index (κ3) is 2.22. The van der Waals surface area contributed by atoms with Crippen molar-refractivity contribution in [1.82, 2.24) is 0 Å². The summed E-state index contributed by atoms with van der Waals surface area (Å²) in [5.74, 6) is 0.0206. The lowest BCUT2D eigenvalue weighted by Gasteiger charge is -2.58. The van der Waals surface area contributed by atoms with Gasteiger partial charge in [0.1, 0.15) is 17.8 Å². The van der Waals surface area contributed by atoms with Gasteiger partial charge < -0.3 is 24.4 Å². The van der Waals surface area contributed by atoms with Crippen LogP contribution in [-0.2, 0) is 19.0 Å². The number of aliphatic hydroxyl groups is 2. The first kappa shape index (κ1) is 18.4. The monoisotopic (exact) mass is 366 g/mol. The normalized spacial score (nSPS) is 49.1. The number of ether oxygens (including phenoxy) is 3. The highest BCUT2D eigenvalue weighted by molar-refractivity contribution is 5.70. The molecule has 2 aliphatic heterocycles. The van der Waals surface area contributed by atoms with Crippen LogP contribution in [0.15, 0.2) is 11.6 Å². The van der Waals surface area contributed by atoms with Crippen LogP contribution < -0.4 is 0 Å². The van der Waals surface area contributed by atoms with Gasteiger partial charge in [-0.25, -0.2) is 0 Å². The fourth-order valence-corrected chi connectivity index (χ4v) is 5.69. The summed E-state index contributed by atoms with van der Waals surface area (Å²) in [6.07, 6.45) is 1.71. The molecule has 2 bridgehead atoms. The van der Waals surface area contributed by atoms with E-state index in [4.69, 9.17) is 14.2 Å². The molecule has 2 N–H and O–H groups in total. The number of carbonyl (C=O) groups is 1. The summed E-state index contributed by atoms with van der Waals surface area (Å²) in [6, 6.07) is 0. The van der Waals surface area contributed by atoms with E-state index in [-0.39, 0.29) is 36.8 Å². The van der Waals surface area contributed by atoms with Crippen molar-refractivity contribution in [2.45, 2.75) is 77.0 Å². The number of esters is 1. The molecule has 0 aromatic carbocycles. The minimum atomic E-state index is -0.639. The maximum absolute atomic E-state index is 12.2. The van der Waals surface area contributed by atoms with E-state index >= 15 is 0 Å². The van der Waals surface area contributed by atoms with Crippen molar-refractivity contribution in [3.63, 3.8) is 0 Å². The molecule has 1 unspecified atom stereocenters. The summed E-state index contributed by atoms with van der Waals surface area (Å²) in [5, 5.41) is 21.1. The molecule has 7 atom stereocenters. The molecule has 0 aromatic heterocycles. The standard InChI is InChI=1S/C20H30O6/c1-11(2)5-16(23)25-14-8-19(9-21)15(6-12(14)3)26-17-13(22)7-18(19,4)20(17)10-24-20/h6,11,13-15,17,21-22H,5,7-10H2,1-4H3/t13-,14+,15-,17?,18-,19-,20+/m1/s1. The molecule has 4 aliphatic rings. The lowest BCUT2D eigenvalue weighted by Crippen LogP contribution is -2.65. The lowest BCUT2D eigenvalue weighted by molar-refractivity contribution is -0.226. The molecule has 2 heterocycles. The topological polar surface area (TPSA) is 88.5 Å². The van der Waals surface area contributed by atoms with E-state index in [2.05, 4.69) is 6.92 Å². The van der Waals surface area contributed by atoms with Crippen molar-refractivity contribution in [3.8, 4) is 0 Å². The molecule has 26 heavy (non-hydrogen) atoms. The highest BCUT2D eigenvalue weighted by Crippen LogP contribution is 2.71. The predicted molar refractivity (Wildman–Crippen MR) is 93.3 cm³/mol. The maximum Gasteiger partial charge on any atom is 0.306 e. The van der Waals surface area contributed by atoms with E-state index in [0.29, 0.717) is 25.9 Å². The second-order valence-electron chi connectivity index (χ2n) is 9.26. The number of fused-ring (bicyclic) bond motifs is 2. The van der Waals surface area contributed by atoms with E-state index in [1.807, 2.05) is 26.8 Å². The lowest BCUT2D eigenvalue weighted by atomic mass is 9.51. The van der Waals surface area contributed by atoms with Crippen LogP contribution in [0.2, 0.25) is 0 Å². The molecule has 0 aromatic rings. The van der Waals surface area contributed by atoms with E-state index in [9.17, 15) is 15.0 Å². The second kappa shape index (κ2) is 5.77. The first-order valence-corrected chi connectivity index (χ1v) is 9.65. The van der Waals surface area contributed by atoms with Gasteiger partial charge in [-0.2, -0.15) is 0 Å². The zero-order chi connectivity index (χ0) is 18.9. The summed E-state index contributed by atoms with van der Waals surface area (Å²) >= 11 is 0. The van der Waals surface area contributed by atoms with Gasteiger partial charge in [-0.05, 0) is 31.3 Å². The van der Waals surface area contributed by atoms with Gasteiger partial charge in [-0.3, -0.25) is 4.79 Å². The summed E-state index contributed by atoms with van der Waals surface area (Å²) in [4.78, 5) is 12.2. The predicted octanol–water partition coefficient (Wildman–Crippen LogP) is 1.58. The Morgan fingerprint density at radius 1 is 1.42 bits per heavy atom. The molecule has 0 radical (unpaired) electrons. The Balaban J connectivity index is 1.68. The Labute approximate surface area is 154 Å². The quantitative estimate of drug-likeness (QED) is 0.446. The van der Waals surface area contributed by atoms with Crippen molar-refractivity contribution in [2.24, 2.45) is 16.7 Å². The molecule has 2 saturated heterocycles. The van der Waals surface area contributed by atoms with Crippen LogP contribution >= 0.6 is 0 Å². The molecule has 0 amide bonds. The minimum absolute atomic E-state index is 0.0965. The van der Waals surface area contributed by atoms with Gasteiger partial charge in [-0.1, -0.05) is 26.8 Å². The number of hydrogen-bond acceptors (Lipinski definition) is 6. The summed E-state index contributed by atoms with van der Waals surface area (Å²) in [6.45, 7) is 8.45. The van der Waals surface area contributed by atoms with Gasteiger partial charge in [-0.15, -0.1) is 0 Å². The number of hydrogen-bond donors (Lipinski definition) is 2. The Morgan fingerprint density at radius 3 is 2.69 bits per heavy atom. The molecular weight excluding hydrogens is 336 g/mol. The second-order valence-corrected chi connectivity index (χ2v) is 9.26. The smallest absolute Gasteiger partial charge is 0.306 e. The fourth-order valence-electron chi connectivity index (χ4n) is 5.69. The van der Waals surface area contributed by atoms with E-state index in [0.717, 1.165) is 5.57 Å². The van der Waals surface area contributed by atoms with Crippen molar-refractivity contribution in [2.75, 3.05) is 13.2 Å². The van der Waals surface area contributed by atoms with E-state index in [1.54, 1.807) is 0 Å². The van der Waals surface area contributed by atoms with Gasteiger partial charge in [0.15, 0.2) is 0 Å². The third-order valence-electron chi connectivity index (χ3n) is 7.36. The molecule has 3 fully saturated rings. The molecule has 1 spiro atoms. The summed E-state index contributed by atoms with van der Waals surface area (Å²) in [5.41, 5.74) is -0.653. The minimum Gasteiger partial charge on any atom is -0.458 e. The van der Waals surface area contributed by atoms with Crippen LogP contribution in [0, 0.1) is 16.7 Å². The number of carbonyl (C=O) groups excluding carboxylic acids is 1. The van der Waals surface area contributed by atoms with Crippen LogP contribution in [0.4, 0.5) is 0 Å². The van der Waals surface area contributed by atoms with Gasteiger partial charge in [0, 0.05) is 17.3 Å². The number of epoxide rings is 1. The van der Waals surface area contributed by atoms with Crippen LogP contribution in [0.3, 0.4) is 0 Å². The average Bonchev–Trinajstić information content (AvgIpc) is 3.31. The third-order valence-corrected chi connectivity index (χ3v) is 7.36. The maximum atomic E-state index is 12.2. The zero-order valence-electron chi connectivity index (χ0n) is 16.0. The van der Waals surface area contributed by atoms with Gasteiger partial charge in [0.25, 0.3) is 0 Å². The molecule has 6 nitrogen and oxygen atoms in total. The van der Waals surface area contributed by atoms with Crippen LogP contribution in [0.5, 0.6) is 0 Å². The molecular formula is C20H30O6. The van der Waals surface area contributed by atoms with Crippen LogP contribution in [0.1, 0.15) is 47.0 Å². The van der Waals surface area contributed by atoms with Crippen molar-refractivity contribution >= 4 is 5.97 Å². The highest BCUT2D eigenvalue weighted by atomic mass is 16.6. The molecule has 2 aliphatic carbocycles. The molecule has 146 valence electrons. The van der Waals surface area contributed by atoms with Crippen molar-refractivity contribution < 1.29 is 29.2 Å².